The molecule has 1 spiro atoms. The Bertz CT molecular complexity index is 2560. The first kappa shape index (κ1) is 28.6. The Morgan fingerprint density at radius 2 is 1.22 bits per heavy atom. The van der Waals surface area contributed by atoms with Crippen LogP contribution in [0.5, 0.6) is 0 Å². The molecule has 2 nitrogen and oxygen atoms in total. The predicted octanol–water partition coefficient (Wildman–Crippen LogP) is 12.6. The van der Waals surface area contributed by atoms with Crippen LogP contribution in [-0.4, -0.2) is 4.57 Å². The molecule has 0 atom stereocenters. The summed E-state index contributed by atoms with van der Waals surface area (Å²) in [5.41, 5.74) is 16.6. The number of fused-ring (bicyclic) bond motifs is 8. The zero-order valence-electron chi connectivity index (χ0n) is 29.4. The van der Waals surface area contributed by atoms with Crippen molar-refractivity contribution in [3.63, 3.8) is 0 Å². The predicted molar refractivity (Wildman–Crippen MR) is 211 cm³/mol. The maximum absolute atomic E-state index is 2.65. The van der Waals surface area contributed by atoms with Crippen LogP contribution in [0.3, 0.4) is 0 Å². The maximum atomic E-state index is 2.65. The molecule has 4 fully saturated rings. The largest absolute Gasteiger partial charge is 0.310 e. The second-order valence-electron chi connectivity index (χ2n) is 17.0. The molecule has 1 aliphatic heterocycles. The van der Waals surface area contributed by atoms with Crippen molar-refractivity contribution in [2.75, 3.05) is 4.90 Å². The molecular weight excluding hydrogens is 617 g/mol. The number of hydrogen-bond acceptors (Lipinski definition) is 1. The van der Waals surface area contributed by atoms with Crippen molar-refractivity contribution in [3.05, 3.63) is 156 Å². The lowest BCUT2D eigenvalue weighted by atomic mass is 9.41. The Kier molecular flexibility index (Phi) is 5.51. The molecule has 4 bridgehead atoms. The highest BCUT2D eigenvalue weighted by molar-refractivity contribution is 6.18. The summed E-state index contributed by atoms with van der Waals surface area (Å²) in [5, 5.41) is 2.73. The first-order valence-corrected chi connectivity index (χ1v) is 19.3. The molecule has 6 aliphatic rings. The van der Waals surface area contributed by atoms with E-state index in [1.165, 1.54) is 98.9 Å². The smallest absolute Gasteiger partial charge is 0.0603 e. The monoisotopic (exact) mass is 658 g/mol. The molecule has 1 aromatic heterocycles. The van der Waals surface area contributed by atoms with E-state index in [4.69, 9.17) is 0 Å². The minimum Gasteiger partial charge on any atom is -0.310 e. The van der Waals surface area contributed by atoms with Crippen LogP contribution in [0.4, 0.5) is 17.1 Å². The standard InChI is InChI=1S/C49H42N2/c1-48(2)39-16-8-6-14-36(39)37-21-20-35(29-42(37)48)50(34-12-4-3-5-13-34)45-23-22-41-47-46(45)38-15-7-10-18-43(38)51(47)44-19-11-9-17-40(44)49(41)32-25-30-24-31(27-32)28-33(49)26-30/h3-23,29-33H,24-28H2,1-2H3. The van der Waals surface area contributed by atoms with E-state index in [1.54, 1.807) is 11.1 Å². The molecule has 13 rings (SSSR count). The number of rotatable bonds is 3. The lowest BCUT2D eigenvalue weighted by Gasteiger charge is -2.63. The normalized spacial score (nSPS) is 25.7. The highest BCUT2D eigenvalue weighted by Gasteiger charge is 2.61. The zero-order chi connectivity index (χ0) is 33.6. The van der Waals surface area contributed by atoms with E-state index in [0.29, 0.717) is 11.8 Å². The lowest BCUT2D eigenvalue weighted by Crippen LogP contribution is -2.57. The maximum Gasteiger partial charge on any atom is 0.0603 e. The summed E-state index contributed by atoms with van der Waals surface area (Å²) in [5.74, 6) is 3.25. The Morgan fingerprint density at radius 1 is 0.549 bits per heavy atom. The van der Waals surface area contributed by atoms with Crippen molar-refractivity contribution in [1.82, 2.24) is 4.57 Å². The first-order chi connectivity index (χ1) is 25.0. The van der Waals surface area contributed by atoms with Gasteiger partial charge in [0.1, 0.15) is 0 Å². The molecular formula is C49H42N2. The summed E-state index contributed by atoms with van der Waals surface area (Å²) < 4.78 is 2.65. The third kappa shape index (κ3) is 3.49. The second kappa shape index (κ2) is 9.82. The molecule has 4 saturated carbocycles. The molecule has 0 N–H and O–H groups in total. The van der Waals surface area contributed by atoms with E-state index < -0.39 is 0 Å². The van der Waals surface area contributed by atoms with Gasteiger partial charge >= 0.3 is 0 Å². The van der Waals surface area contributed by atoms with Crippen LogP contribution < -0.4 is 4.90 Å². The van der Waals surface area contributed by atoms with Crippen LogP contribution in [0.2, 0.25) is 0 Å². The summed E-state index contributed by atoms with van der Waals surface area (Å²) >= 11 is 0. The van der Waals surface area contributed by atoms with Gasteiger partial charge in [0.25, 0.3) is 0 Å². The SMILES string of the molecule is CC1(C)c2ccccc2-c2ccc(N(c3ccccc3)c3ccc4c5c3c3ccccc3n5-c3ccccc3C43C4CC5CC(C4)CC3C5)cc21. The summed E-state index contributed by atoms with van der Waals surface area (Å²) in [6.45, 7) is 4.78. The van der Waals surface area contributed by atoms with Gasteiger partial charge in [0.15, 0.2) is 0 Å². The van der Waals surface area contributed by atoms with Crippen LogP contribution in [-0.2, 0) is 10.8 Å². The van der Waals surface area contributed by atoms with E-state index in [2.05, 4.69) is 157 Å². The van der Waals surface area contributed by atoms with Crippen LogP contribution in [0.25, 0.3) is 38.6 Å². The number of aromatic nitrogens is 1. The number of benzene rings is 6. The Balaban J connectivity index is 1.17. The van der Waals surface area contributed by atoms with E-state index >= 15 is 0 Å². The van der Waals surface area contributed by atoms with Crippen LogP contribution in [0, 0.1) is 23.7 Å². The summed E-state index contributed by atoms with van der Waals surface area (Å²) in [7, 11) is 0. The molecule has 7 aromatic rings. The molecule has 2 heteroatoms. The third-order valence-corrected chi connectivity index (χ3v) is 14.3. The molecule has 0 amide bonds. The fourth-order valence-electron chi connectivity index (χ4n) is 12.7. The Labute approximate surface area is 300 Å². The molecule has 0 saturated heterocycles. The van der Waals surface area contributed by atoms with Gasteiger partial charge in [-0.25, -0.2) is 0 Å². The minimum absolute atomic E-state index is 0.0735. The average Bonchev–Trinajstić information content (AvgIpc) is 3.62. The van der Waals surface area contributed by atoms with Gasteiger partial charge in [-0.1, -0.05) is 105 Å². The number of nitrogens with zero attached hydrogens (tertiary/aromatic N) is 2. The summed E-state index contributed by atoms with van der Waals surface area (Å²) in [4.78, 5) is 2.55. The quantitative estimate of drug-likeness (QED) is 0.183. The lowest BCUT2D eigenvalue weighted by molar-refractivity contribution is -0.0418. The van der Waals surface area contributed by atoms with Gasteiger partial charge < -0.3 is 9.47 Å². The van der Waals surface area contributed by atoms with E-state index in [9.17, 15) is 0 Å². The molecule has 51 heavy (non-hydrogen) atoms. The first-order valence-electron chi connectivity index (χ1n) is 19.3. The summed E-state index contributed by atoms with van der Waals surface area (Å²) in [6.07, 6.45) is 7.00. The molecule has 248 valence electrons. The van der Waals surface area contributed by atoms with Gasteiger partial charge in [-0.05, 0) is 132 Å². The van der Waals surface area contributed by atoms with Crippen molar-refractivity contribution in [3.8, 4) is 16.8 Å². The molecule has 0 unspecified atom stereocenters. The third-order valence-electron chi connectivity index (χ3n) is 14.3. The van der Waals surface area contributed by atoms with E-state index in [1.807, 2.05) is 0 Å². The highest BCUT2D eigenvalue weighted by atomic mass is 15.1. The minimum atomic E-state index is -0.0735. The van der Waals surface area contributed by atoms with Crippen molar-refractivity contribution in [2.24, 2.45) is 23.7 Å². The van der Waals surface area contributed by atoms with Gasteiger partial charge in [0.2, 0.25) is 0 Å². The topological polar surface area (TPSA) is 8.17 Å². The fourth-order valence-corrected chi connectivity index (χ4v) is 12.7. The second-order valence-corrected chi connectivity index (χ2v) is 17.0. The van der Waals surface area contributed by atoms with Crippen molar-refractivity contribution in [1.29, 1.82) is 0 Å². The van der Waals surface area contributed by atoms with E-state index in [-0.39, 0.29) is 10.8 Å². The van der Waals surface area contributed by atoms with Gasteiger partial charge in [-0.15, -0.1) is 0 Å². The Hall–Kier alpha value is -5.08. The number of hydrogen-bond donors (Lipinski definition) is 0. The van der Waals surface area contributed by atoms with Gasteiger partial charge in [-0.2, -0.15) is 0 Å². The van der Waals surface area contributed by atoms with Crippen LogP contribution in [0.15, 0.2) is 133 Å². The molecule has 2 heterocycles. The molecule has 6 aromatic carbocycles. The summed E-state index contributed by atoms with van der Waals surface area (Å²) in [6, 6.07) is 51.1. The van der Waals surface area contributed by atoms with Gasteiger partial charge in [0, 0.05) is 33.0 Å². The fraction of sp³-hybridized carbons (Fsp3) is 0.265. The molecule has 5 aliphatic carbocycles. The van der Waals surface area contributed by atoms with Crippen molar-refractivity contribution in [2.45, 2.75) is 56.8 Å². The zero-order valence-corrected chi connectivity index (χ0v) is 29.4. The number of anilines is 3. The highest BCUT2D eigenvalue weighted by Crippen LogP contribution is 2.68. The number of para-hydroxylation sites is 3. The Morgan fingerprint density at radius 3 is 2.02 bits per heavy atom. The van der Waals surface area contributed by atoms with Gasteiger partial charge in [0.05, 0.1) is 22.4 Å². The van der Waals surface area contributed by atoms with Gasteiger partial charge in [-0.3, -0.25) is 0 Å². The van der Waals surface area contributed by atoms with Crippen LogP contribution >= 0.6 is 0 Å². The van der Waals surface area contributed by atoms with Crippen molar-refractivity contribution >= 4 is 38.9 Å². The van der Waals surface area contributed by atoms with Crippen LogP contribution in [0.1, 0.15) is 68.2 Å². The average molecular weight is 659 g/mol. The van der Waals surface area contributed by atoms with Crippen molar-refractivity contribution < 1.29 is 0 Å². The molecule has 0 radical (unpaired) electrons. The van der Waals surface area contributed by atoms with E-state index in [0.717, 1.165) is 11.8 Å².